The molecule has 0 bridgehead atoms. The molecule has 0 spiro atoms. The largest absolute Gasteiger partial charge is 0.398 e. The first-order chi connectivity index (χ1) is 9.79. The number of sulfonamides is 1. The van der Waals surface area contributed by atoms with Crippen LogP contribution in [0.15, 0.2) is 27.6 Å². The van der Waals surface area contributed by atoms with E-state index in [4.69, 9.17) is 5.73 Å². The molecule has 1 aliphatic heterocycles. The van der Waals surface area contributed by atoms with Crippen LogP contribution in [0, 0.1) is 0 Å². The van der Waals surface area contributed by atoms with Crippen LogP contribution >= 0.6 is 15.9 Å². The highest BCUT2D eigenvalue weighted by Gasteiger charge is 2.25. The van der Waals surface area contributed by atoms with Crippen molar-refractivity contribution in [1.82, 2.24) is 14.5 Å². The highest BCUT2D eigenvalue weighted by molar-refractivity contribution is 9.10. The Hall–Kier alpha value is -0.670. The molecular formula is C13H21BrN4O2S. The summed E-state index contributed by atoms with van der Waals surface area (Å²) in [4.78, 5) is 4.49. The third kappa shape index (κ3) is 4.17. The van der Waals surface area contributed by atoms with Gasteiger partial charge in [-0.15, -0.1) is 0 Å². The average Bonchev–Trinajstić information content (AvgIpc) is 2.42. The van der Waals surface area contributed by atoms with Crippen molar-refractivity contribution in [2.24, 2.45) is 0 Å². The van der Waals surface area contributed by atoms with Crippen molar-refractivity contribution in [3.8, 4) is 0 Å². The van der Waals surface area contributed by atoms with Crippen molar-refractivity contribution < 1.29 is 8.42 Å². The summed E-state index contributed by atoms with van der Waals surface area (Å²) in [6, 6.07) is 4.98. The number of nitrogens with two attached hydrogens (primary N) is 1. The van der Waals surface area contributed by atoms with Gasteiger partial charge in [-0.05, 0) is 32.3 Å². The molecule has 118 valence electrons. The quantitative estimate of drug-likeness (QED) is 0.750. The predicted octanol–water partition coefficient (Wildman–Crippen LogP) is 0.555. The van der Waals surface area contributed by atoms with Crippen LogP contribution in [0.1, 0.15) is 0 Å². The Labute approximate surface area is 134 Å². The number of nitrogens with zero attached hydrogens (tertiary/aromatic N) is 2. The summed E-state index contributed by atoms with van der Waals surface area (Å²) in [6.07, 6.45) is 0. The molecule has 21 heavy (non-hydrogen) atoms. The normalized spacial score (nSPS) is 21.6. The van der Waals surface area contributed by atoms with Gasteiger partial charge in [-0.25, -0.2) is 13.1 Å². The van der Waals surface area contributed by atoms with Crippen molar-refractivity contribution in [2.45, 2.75) is 10.9 Å². The molecular weight excluding hydrogens is 356 g/mol. The minimum Gasteiger partial charge on any atom is -0.398 e. The molecule has 1 aromatic carbocycles. The molecule has 6 nitrogen and oxygen atoms in total. The molecule has 1 heterocycles. The second-order valence-electron chi connectivity index (χ2n) is 5.43. The van der Waals surface area contributed by atoms with Crippen LogP contribution in [-0.2, 0) is 10.0 Å². The predicted molar refractivity (Wildman–Crippen MR) is 87.7 cm³/mol. The molecule has 1 aliphatic rings. The smallest absolute Gasteiger partial charge is 0.242 e. The zero-order chi connectivity index (χ0) is 15.6. The Balaban J connectivity index is 2.09. The lowest BCUT2D eigenvalue weighted by Gasteiger charge is -2.37. The number of nitrogen functional groups attached to an aromatic ring is 1. The van der Waals surface area contributed by atoms with Crippen molar-refractivity contribution >= 4 is 31.6 Å². The minimum atomic E-state index is -3.60. The molecule has 1 saturated heterocycles. The fourth-order valence-electron chi connectivity index (χ4n) is 2.35. The van der Waals surface area contributed by atoms with Gasteiger partial charge in [0.1, 0.15) is 4.90 Å². The van der Waals surface area contributed by atoms with Crippen LogP contribution < -0.4 is 10.5 Å². The summed E-state index contributed by atoms with van der Waals surface area (Å²) < 4.78 is 28.1. The first-order valence-corrected chi connectivity index (χ1v) is 9.00. The van der Waals surface area contributed by atoms with Crippen LogP contribution in [0.4, 0.5) is 5.69 Å². The Bertz CT molecular complexity index is 608. The van der Waals surface area contributed by atoms with E-state index in [9.17, 15) is 8.42 Å². The highest BCUT2D eigenvalue weighted by Crippen LogP contribution is 2.22. The van der Waals surface area contributed by atoms with Gasteiger partial charge in [0.15, 0.2) is 0 Å². The average molecular weight is 377 g/mol. The molecule has 0 aromatic heterocycles. The molecule has 0 aliphatic carbocycles. The molecule has 0 saturated carbocycles. The van der Waals surface area contributed by atoms with Gasteiger partial charge in [0.05, 0.1) is 5.69 Å². The topological polar surface area (TPSA) is 78.7 Å². The zero-order valence-corrected chi connectivity index (χ0v) is 14.6. The second-order valence-corrected chi connectivity index (χ2v) is 8.08. The Morgan fingerprint density at radius 3 is 2.81 bits per heavy atom. The fourth-order valence-corrected chi connectivity index (χ4v) is 4.09. The Morgan fingerprint density at radius 1 is 1.38 bits per heavy atom. The first kappa shape index (κ1) is 16.7. The van der Waals surface area contributed by atoms with Gasteiger partial charge in [0, 0.05) is 36.7 Å². The van der Waals surface area contributed by atoms with E-state index in [2.05, 4.69) is 30.5 Å². The molecule has 1 fully saturated rings. The zero-order valence-electron chi connectivity index (χ0n) is 12.2. The van der Waals surface area contributed by atoms with Gasteiger partial charge in [-0.2, -0.15) is 0 Å². The molecule has 0 radical (unpaired) electrons. The van der Waals surface area contributed by atoms with Gasteiger partial charge in [0.25, 0.3) is 0 Å². The third-order valence-corrected chi connectivity index (χ3v) is 5.73. The SMILES string of the molecule is CN1CCN(C)C(CNS(=O)(=O)c2cc(Br)ccc2N)C1. The summed E-state index contributed by atoms with van der Waals surface area (Å²) in [5.74, 6) is 0. The lowest BCUT2D eigenvalue weighted by molar-refractivity contribution is 0.117. The van der Waals surface area contributed by atoms with Crippen LogP contribution in [0.5, 0.6) is 0 Å². The lowest BCUT2D eigenvalue weighted by atomic mass is 10.2. The van der Waals surface area contributed by atoms with Crippen LogP contribution in [0.2, 0.25) is 0 Å². The minimum absolute atomic E-state index is 0.115. The van der Waals surface area contributed by atoms with Crippen molar-refractivity contribution in [3.63, 3.8) is 0 Å². The van der Waals surface area contributed by atoms with E-state index in [1.807, 2.05) is 14.1 Å². The van der Waals surface area contributed by atoms with E-state index in [0.717, 1.165) is 19.6 Å². The fraction of sp³-hybridized carbons (Fsp3) is 0.538. The van der Waals surface area contributed by atoms with E-state index in [1.54, 1.807) is 12.1 Å². The van der Waals surface area contributed by atoms with Gasteiger partial charge in [-0.3, -0.25) is 4.90 Å². The monoisotopic (exact) mass is 376 g/mol. The molecule has 1 atom stereocenters. The Kier molecular flexibility index (Phi) is 5.26. The molecule has 1 unspecified atom stereocenters. The van der Waals surface area contributed by atoms with Crippen molar-refractivity contribution in [3.05, 3.63) is 22.7 Å². The van der Waals surface area contributed by atoms with Gasteiger partial charge < -0.3 is 10.6 Å². The third-order valence-electron chi connectivity index (χ3n) is 3.75. The number of piperazine rings is 1. The molecule has 1 aromatic rings. The maximum atomic E-state index is 12.4. The maximum Gasteiger partial charge on any atom is 0.242 e. The summed E-state index contributed by atoms with van der Waals surface area (Å²) in [5, 5.41) is 0. The first-order valence-electron chi connectivity index (χ1n) is 6.73. The van der Waals surface area contributed by atoms with Gasteiger partial charge in [0.2, 0.25) is 10.0 Å². The number of rotatable bonds is 4. The van der Waals surface area contributed by atoms with Crippen molar-refractivity contribution in [2.75, 3.05) is 46.0 Å². The molecule has 2 rings (SSSR count). The number of halogens is 1. The van der Waals surface area contributed by atoms with Crippen LogP contribution in [0.25, 0.3) is 0 Å². The second kappa shape index (κ2) is 6.62. The highest BCUT2D eigenvalue weighted by atomic mass is 79.9. The number of hydrogen-bond donors (Lipinski definition) is 2. The lowest BCUT2D eigenvalue weighted by Crippen LogP contribution is -2.54. The number of nitrogens with one attached hydrogen (secondary N) is 1. The van der Waals surface area contributed by atoms with E-state index >= 15 is 0 Å². The summed E-state index contributed by atoms with van der Waals surface area (Å²) in [6.45, 7) is 3.14. The van der Waals surface area contributed by atoms with E-state index in [0.29, 0.717) is 11.0 Å². The number of benzene rings is 1. The van der Waals surface area contributed by atoms with E-state index < -0.39 is 10.0 Å². The summed E-state index contributed by atoms with van der Waals surface area (Å²) in [5.41, 5.74) is 6.02. The van der Waals surface area contributed by atoms with Crippen LogP contribution in [-0.4, -0.2) is 64.5 Å². The van der Waals surface area contributed by atoms with Crippen molar-refractivity contribution in [1.29, 1.82) is 0 Å². The summed E-state index contributed by atoms with van der Waals surface area (Å²) >= 11 is 3.27. The number of hydrogen-bond acceptors (Lipinski definition) is 5. The van der Waals surface area contributed by atoms with Gasteiger partial charge in [-0.1, -0.05) is 15.9 Å². The molecule has 8 heteroatoms. The van der Waals surface area contributed by atoms with E-state index in [-0.39, 0.29) is 16.6 Å². The summed E-state index contributed by atoms with van der Waals surface area (Å²) in [7, 11) is 0.452. The maximum absolute atomic E-state index is 12.4. The number of likely N-dealkylation sites (N-methyl/N-ethyl adjacent to an activating group) is 2. The molecule has 3 N–H and O–H groups in total. The number of anilines is 1. The van der Waals surface area contributed by atoms with Gasteiger partial charge >= 0.3 is 0 Å². The standard InChI is InChI=1S/C13H21BrN4O2S/c1-17-5-6-18(2)11(9-17)8-16-21(19,20)13-7-10(14)3-4-12(13)15/h3-4,7,11,16H,5-6,8-9,15H2,1-2H3. The van der Waals surface area contributed by atoms with E-state index in [1.165, 1.54) is 6.07 Å². The Morgan fingerprint density at radius 2 is 2.10 bits per heavy atom. The molecule has 0 amide bonds. The van der Waals surface area contributed by atoms with Crippen LogP contribution in [0.3, 0.4) is 0 Å².